The van der Waals surface area contributed by atoms with Crippen molar-refractivity contribution in [3.8, 4) is 11.5 Å². The van der Waals surface area contributed by atoms with Crippen LogP contribution in [0.5, 0.6) is 11.5 Å². The number of ether oxygens (including phenoxy) is 1. The lowest BCUT2D eigenvalue weighted by Crippen LogP contribution is -2.13. The minimum Gasteiger partial charge on any atom is -0.504 e. The van der Waals surface area contributed by atoms with Gasteiger partial charge in [-0.05, 0) is 0 Å². The van der Waals surface area contributed by atoms with Crippen LogP contribution in [0.1, 0.15) is 11.7 Å². The van der Waals surface area contributed by atoms with E-state index in [1.165, 1.54) is 0 Å². The summed E-state index contributed by atoms with van der Waals surface area (Å²) in [5.74, 6) is -6.23. The number of carbonyl (C=O) groups is 1. The van der Waals surface area contributed by atoms with Crippen LogP contribution in [0.4, 0.5) is 8.78 Å². The summed E-state index contributed by atoms with van der Waals surface area (Å²) in [6.45, 7) is 0. The molecule has 1 unspecified atom stereocenters. The highest BCUT2D eigenvalue weighted by Gasteiger charge is 2.29. The van der Waals surface area contributed by atoms with Crippen LogP contribution in [0, 0.1) is 11.6 Å². The van der Waals surface area contributed by atoms with Crippen LogP contribution < -0.4 is 4.74 Å². The SMILES string of the molecule is COc1c(F)cc(F)c(O)c1C(O)C(=O)O. The van der Waals surface area contributed by atoms with E-state index in [0.717, 1.165) is 7.11 Å². The van der Waals surface area contributed by atoms with E-state index in [9.17, 15) is 18.7 Å². The standard InChI is InChI=1S/C9H8F2O5/c1-16-8-4(11)2-3(10)6(12)5(8)7(13)9(14)15/h2,7,12-13H,1H3,(H,14,15). The predicted octanol–water partition coefficient (Wildman–Crippen LogP) is 0.797. The third-order valence-corrected chi connectivity index (χ3v) is 1.91. The molecule has 16 heavy (non-hydrogen) atoms. The van der Waals surface area contributed by atoms with Crippen molar-refractivity contribution >= 4 is 5.97 Å². The highest BCUT2D eigenvalue weighted by atomic mass is 19.1. The van der Waals surface area contributed by atoms with Crippen LogP contribution >= 0.6 is 0 Å². The number of aliphatic hydroxyl groups excluding tert-OH is 1. The molecule has 88 valence electrons. The van der Waals surface area contributed by atoms with Crippen molar-refractivity contribution in [2.45, 2.75) is 6.10 Å². The summed E-state index contributed by atoms with van der Waals surface area (Å²) < 4.78 is 30.5. The Bertz CT molecular complexity index is 432. The van der Waals surface area contributed by atoms with Crippen molar-refractivity contribution in [3.63, 3.8) is 0 Å². The van der Waals surface area contributed by atoms with Crippen molar-refractivity contribution in [2.24, 2.45) is 0 Å². The molecule has 0 fully saturated rings. The topological polar surface area (TPSA) is 87.0 Å². The molecule has 0 aliphatic heterocycles. The molecule has 0 bridgehead atoms. The van der Waals surface area contributed by atoms with Gasteiger partial charge in [0, 0.05) is 6.07 Å². The third kappa shape index (κ3) is 1.89. The Morgan fingerprint density at radius 1 is 1.44 bits per heavy atom. The molecule has 0 aromatic heterocycles. The largest absolute Gasteiger partial charge is 0.504 e. The number of rotatable bonds is 3. The van der Waals surface area contributed by atoms with Crippen LogP contribution in [-0.4, -0.2) is 28.4 Å². The van der Waals surface area contributed by atoms with Gasteiger partial charge in [0.25, 0.3) is 0 Å². The molecule has 7 heteroatoms. The molecule has 1 rings (SSSR count). The summed E-state index contributed by atoms with van der Waals surface area (Å²) >= 11 is 0. The minimum absolute atomic E-state index is 0.326. The number of methoxy groups -OCH3 is 1. The molecule has 1 aromatic carbocycles. The third-order valence-electron chi connectivity index (χ3n) is 1.91. The number of carboxylic acids is 1. The molecular formula is C9H8F2O5. The Labute approximate surface area is 88.5 Å². The normalized spacial score (nSPS) is 12.2. The summed E-state index contributed by atoms with van der Waals surface area (Å²) in [5.41, 5.74) is -0.854. The molecular weight excluding hydrogens is 226 g/mol. The Balaban J connectivity index is 3.50. The van der Waals surface area contributed by atoms with E-state index in [-0.39, 0.29) is 0 Å². The van der Waals surface area contributed by atoms with E-state index < -0.39 is 40.8 Å². The number of aliphatic hydroxyl groups is 1. The molecule has 0 aliphatic rings. The van der Waals surface area contributed by atoms with Crippen molar-refractivity contribution in [1.82, 2.24) is 0 Å². The molecule has 3 N–H and O–H groups in total. The van der Waals surface area contributed by atoms with Gasteiger partial charge in [0.1, 0.15) is 0 Å². The van der Waals surface area contributed by atoms with Crippen molar-refractivity contribution in [1.29, 1.82) is 0 Å². The zero-order chi connectivity index (χ0) is 12.5. The van der Waals surface area contributed by atoms with E-state index in [4.69, 9.17) is 10.2 Å². The number of carboxylic acid groups (broad SMARTS) is 1. The van der Waals surface area contributed by atoms with E-state index >= 15 is 0 Å². The monoisotopic (exact) mass is 234 g/mol. The fourth-order valence-electron chi connectivity index (χ4n) is 1.19. The lowest BCUT2D eigenvalue weighted by atomic mass is 10.1. The smallest absolute Gasteiger partial charge is 0.337 e. The number of hydrogen-bond acceptors (Lipinski definition) is 4. The summed E-state index contributed by atoms with van der Waals surface area (Å²) in [7, 11) is 0.994. The molecule has 1 atom stereocenters. The van der Waals surface area contributed by atoms with Gasteiger partial charge in [0.2, 0.25) is 0 Å². The van der Waals surface area contributed by atoms with Crippen molar-refractivity contribution in [2.75, 3.05) is 7.11 Å². The van der Waals surface area contributed by atoms with Crippen molar-refractivity contribution < 1.29 is 33.6 Å². The van der Waals surface area contributed by atoms with Gasteiger partial charge in [0.05, 0.1) is 12.7 Å². The van der Waals surface area contributed by atoms with Gasteiger partial charge < -0.3 is 20.1 Å². The number of hydrogen-bond donors (Lipinski definition) is 3. The van der Waals surface area contributed by atoms with Gasteiger partial charge in [-0.2, -0.15) is 0 Å². The summed E-state index contributed by atoms with van der Waals surface area (Å²) in [5, 5.41) is 26.9. The molecule has 5 nitrogen and oxygen atoms in total. The number of phenolic OH excluding ortho intramolecular Hbond substituents is 1. The molecule has 1 aromatic rings. The Kier molecular flexibility index (Phi) is 3.28. The summed E-state index contributed by atoms with van der Waals surface area (Å²) in [4.78, 5) is 10.5. The minimum atomic E-state index is -2.28. The van der Waals surface area contributed by atoms with Crippen molar-refractivity contribution in [3.05, 3.63) is 23.3 Å². The second-order valence-electron chi connectivity index (χ2n) is 2.88. The number of benzene rings is 1. The van der Waals surface area contributed by atoms with E-state index in [1.54, 1.807) is 0 Å². The average Bonchev–Trinajstić information content (AvgIpc) is 2.21. The Hall–Kier alpha value is -1.89. The van der Waals surface area contributed by atoms with Crippen LogP contribution in [-0.2, 0) is 4.79 Å². The van der Waals surface area contributed by atoms with Gasteiger partial charge in [-0.25, -0.2) is 13.6 Å². The molecule has 0 aliphatic carbocycles. The lowest BCUT2D eigenvalue weighted by molar-refractivity contribution is -0.147. The zero-order valence-electron chi connectivity index (χ0n) is 8.07. The predicted molar refractivity (Wildman–Crippen MR) is 47.2 cm³/mol. The first-order valence-electron chi connectivity index (χ1n) is 4.05. The maximum atomic E-state index is 13.1. The Morgan fingerprint density at radius 2 is 2.00 bits per heavy atom. The number of aliphatic carboxylic acids is 1. The Morgan fingerprint density at radius 3 is 2.44 bits per heavy atom. The first-order chi connectivity index (χ1) is 7.40. The fourth-order valence-corrected chi connectivity index (χ4v) is 1.19. The molecule has 0 spiro atoms. The molecule has 0 radical (unpaired) electrons. The number of phenols is 1. The second kappa shape index (κ2) is 4.31. The quantitative estimate of drug-likeness (QED) is 0.719. The molecule has 0 saturated carbocycles. The van der Waals surface area contributed by atoms with Gasteiger partial charge in [0.15, 0.2) is 29.2 Å². The number of aromatic hydroxyl groups is 1. The fraction of sp³-hybridized carbons (Fsp3) is 0.222. The molecule has 0 saturated heterocycles. The van der Waals surface area contributed by atoms with Gasteiger partial charge in [-0.15, -0.1) is 0 Å². The summed E-state index contributed by atoms with van der Waals surface area (Å²) in [6.07, 6.45) is -2.28. The summed E-state index contributed by atoms with van der Waals surface area (Å²) in [6, 6.07) is 0.326. The first kappa shape index (κ1) is 12.2. The van der Waals surface area contributed by atoms with Gasteiger partial charge in [-0.3, -0.25) is 0 Å². The van der Waals surface area contributed by atoms with E-state index in [2.05, 4.69) is 4.74 Å². The second-order valence-corrected chi connectivity index (χ2v) is 2.88. The van der Waals surface area contributed by atoms with Gasteiger partial charge >= 0.3 is 5.97 Å². The molecule has 0 heterocycles. The highest BCUT2D eigenvalue weighted by molar-refractivity contribution is 5.76. The first-order valence-corrected chi connectivity index (χ1v) is 4.05. The zero-order valence-corrected chi connectivity index (χ0v) is 8.07. The van der Waals surface area contributed by atoms with Gasteiger partial charge in [-0.1, -0.05) is 0 Å². The van der Waals surface area contributed by atoms with E-state index in [1.807, 2.05) is 0 Å². The van der Waals surface area contributed by atoms with Crippen LogP contribution in [0.3, 0.4) is 0 Å². The van der Waals surface area contributed by atoms with Crippen LogP contribution in [0.15, 0.2) is 6.07 Å². The highest BCUT2D eigenvalue weighted by Crippen LogP contribution is 2.37. The molecule has 0 amide bonds. The maximum absolute atomic E-state index is 13.1. The maximum Gasteiger partial charge on any atom is 0.337 e. The van der Waals surface area contributed by atoms with Crippen LogP contribution in [0.25, 0.3) is 0 Å². The number of halogens is 2. The lowest BCUT2D eigenvalue weighted by Gasteiger charge is -2.14. The average molecular weight is 234 g/mol. The van der Waals surface area contributed by atoms with E-state index in [0.29, 0.717) is 6.07 Å². The van der Waals surface area contributed by atoms with Crippen LogP contribution in [0.2, 0.25) is 0 Å².